The second kappa shape index (κ2) is 5.76. The van der Waals surface area contributed by atoms with E-state index in [0.29, 0.717) is 5.92 Å². The number of anilines is 2. The Kier molecular flexibility index (Phi) is 3.78. The van der Waals surface area contributed by atoms with Crippen molar-refractivity contribution in [2.24, 2.45) is 0 Å². The number of rotatable bonds is 4. The van der Waals surface area contributed by atoms with Crippen LogP contribution in [0.15, 0.2) is 30.5 Å². The van der Waals surface area contributed by atoms with Gasteiger partial charge in [-0.2, -0.15) is 5.26 Å². The van der Waals surface area contributed by atoms with Gasteiger partial charge in [0.15, 0.2) is 0 Å². The van der Waals surface area contributed by atoms with Gasteiger partial charge in [-0.15, -0.1) is 13.2 Å². The third-order valence-electron chi connectivity index (χ3n) is 3.27. The molecule has 0 radical (unpaired) electrons. The van der Waals surface area contributed by atoms with Gasteiger partial charge in [0, 0.05) is 17.8 Å². The highest BCUT2D eigenvalue weighted by Gasteiger charge is 2.33. The number of nitrogens with one attached hydrogen (secondary N) is 1. The molecule has 0 spiro atoms. The number of hydrogen-bond acceptors (Lipinski definition) is 5. The highest BCUT2D eigenvalue weighted by atomic mass is 19.4. The average molecular weight is 320 g/mol. The number of hydrogen-bond donors (Lipinski definition) is 1. The Bertz CT molecular complexity index is 766. The first kappa shape index (κ1) is 15.1. The van der Waals surface area contributed by atoms with Crippen molar-refractivity contribution < 1.29 is 17.9 Å². The molecule has 2 heterocycles. The van der Waals surface area contributed by atoms with Crippen molar-refractivity contribution in [1.82, 2.24) is 9.97 Å². The number of nitriles is 1. The summed E-state index contributed by atoms with van der Waals surface area (Å²) in [5.74, 6) is -0.0810. The predicted octanol–water partition coefficient (Wildman–Crippen LogP) is 3.87. The average Bonchev–Trinajstić information content (AvgIpc) is 3.32. The second-order valence-corrected chi connectivity index (χ2v) is 5.05. The third-order valence-corrected chi connectivity index (χ3v) is 3.27. The molecule has 2 aromatic rings. The molecule has 8 heteroatoms. The fourth-order valence-corrected chi connectivity index (χ4v) is 2.07. The molecule has 1 aliphatic carbocycles. The van der Waals surface area contributed by atoms with Gasteiger partial charge in [0.05, 0.1) is 5.56 Å². The normalized spacial score (nSPS) is 14.2. The fourth-order valence-electron chi connectivity index (χ4n) is 2.07. The minimum atomic E-state index is -4.86. The van der Waals surface area contributed by atoms with Crippen LogP contribution in [0.25, 0.3) is 0 Å². The first-order valence-electron chi connectivity index (χ1n) is 6.85. The zero-order valence-corrected chi connectivity index (χ0v) is 11.8. The Morgan fingerprint density at radius 1 is 1.26 bits per heavy atom. The van der Waals surface area contributed by atoms with Gasteiger partial charge in [-0.25, -0.2) is 9.97 Å². The lowest BCUT2D eigenvalue weighted by Gasteiger charge is -2.14. The van der Waals surface area contributed by atoms with E-state index in [1.165, 1.54) is 18.3 Å². The van der Waals surface area contributed by atoms with Crippen molar-refractivity contribution in [3.05, 3.63) is 41.7 Å². The molecule has 0 amide bonds. The smallest absolute Gasteiger partial charge is 0.386 e. The molecule has 1 N–H and O–H groups in total. The van der Waals surface area contributed by atoms with Gasteiger partial charge in [0.25, 0.3) is 0 Å². The van der Waals surface area contributed by atoms with Crippen molar-refractivity contribution in [2.45, 2.75) is 25.1 Å². The largest absolute Gasteiger partial charge is 0.574 e. The van der Waals surface area contributed by atoms with Crippen LogP contribution in [0, 0.1) is 11.3 Å². The summed E-state index contributed by atoms with van der Waals surface area (Å²) in [4.78, 5) is 7.91. The Morgan fingerprint density at radius 3 is 2.70 bits per heavy atom. The van der Waals surface area contributed by atoms with Crippen LogP contribution in [0.5, 0.6) is 5.88 Å². The Hall–Kier alpha value is -2.82. The third kappa shape index (κ3) is 3.69. The fraction of sp³-hybridized carbons (Fsp3) is 0.267. The van der Waals surface area contributed by atoms with Crippen LogP contribution in [-0.4, -0.2) is 16.3 Å². The van der Waals surface area contributed by atoms with Crippen molar-refractivity contribution in [1.29, 1.82) is 5.26 Å². The first-order valence-corrected chi connectivity index (χ1v) is 6.85. The van der Waals surface area contributed by atoms with Gasteiger partial charge < -0.3 is 10.1 Å². The lowest BCUT2D eigenvalue weighted by molar-refractivity contribution is -0.275. The highest BCUT2D eigenvalue weighted by molar-refractivity contribution is 5.66. The van der Waals surface area contributed by atoms with E-state index >= 15 is 0 Å². The lowest BCUT2D eigenvalue weighted by atomic mass is 10.2. The van der Waals surface area contributed by atoms with E-state index in [4.69, 9.17) is 5.26 Å². The molecule has 1 saturated carbocycles. The number of nitrogens with zero attached hydrogens (tertiary/aromatic N) is 3. The maximum Gasteiger partial charge on any atom is 0.574 e. The van der Waals surface area contributed by atoms with Gasteiger partial charge >= 0.3 is 6.36 Å². The zero-order valence-electron chi connectivity index (χ0n) is 11.8. The van der Waals surface area contributed by atoms with E-state index in [9.17, 15) is 13.2 Å². The molecule has 23 heavy (non-hydrogen) atoms. The standard InChI is InChI=1S/C15H11F3N4O/c16-15(17,18)23-14-12(2-1-7-20-14)22-13-10(8-19)5-6-11(21-13)9-3-4-9/h1-2,5-7,9H,3-4H2,(H,21,22). The summed E-state index contributed by atoms with van der Waals surface area (Å²) in [6, 6.07) is 8.16. The summed E-state index contributed by atoms with van der Waals surface area (Å²) in [5, 5.41) is 11.9. The molecule has 0 bridgehead atoms. The molecule has 2 aromatic heterocycles. The van der Waals surface area contributed by atoms with Crippen LogP contribution in [0.1, 0.15) is 30.0 Å². The number of aromatic nitrogens is 2. The molecule has 118 valence electrons. The van der Waals surface area contributed by atoms with Crippen molar-refractivity contribution in [3.8, 4) is 11.9 Å². The van der Waals surface area contributed by atoms with Crippen molar-refractivity contribution in [3.63, 3.8) is 0 Å². The Balaban J connectivity index is 1.93. The second-order valence-electron chi connectivity index (χ2n) is 5.05. The van der Waals surface area contributed by atoms with Crippen LogP contribution in [-0.2, 0) is 0 Å². The Morgan fingerprint density at radius 2 is 2.04 bits per heavy atom. The topological polar surface area (TPSA) is 70.8 Å². The summed E-state index contributed by atoms with van der Waals surface area (Å²) >= 11 is 0. The van der Waals surface area contributed by atoms with Crippen LogP contribution in [0.3, 0.4) is 0 Å². The number of halogens is 3. The van der Waals surface area contributed by atoms with E-state index in [1.54, 1.807) is 12.1 Å². The van der Waals surface area contributed by atoms with Gasteiger partial charge in [0.2, 0.25) is 5.88 Å². The summed E-state index contributed by atoms with van der Waals surface area (Å²) in [6.07, 6.45) is -1.63. The van der Waals surface area contributed by atoms with E-state index in [2.05, 4.69) is 20.0 Å². The zero-order chi connectivity index (χ0) is 16.4. The predicted molar refractivity (Wildman–Crippen MR) is 75.1 cm³/mol. The monoisotopic (exact) mass is 320 g/mol. The molecular formula is C15H11F3N4O. The minimum Gasteiger partial charge on any atom is -0.386 e. The van der Waals surface area contributed by atoms with E-state index in [0.717, 1.165) is 18.5 Å². The van der Waals surface area contributed by atoms with Crippen LogP contribution >= 0.6 is 0 Å². The maximum absolute atomic E-state index is 12.4. The molecule has 5 nitrogen and oxygen atoms in total. The van der Waals surface area contributed by atoms with E-state index in [-0.39, 0.29) is 17.1 Å². The lowest BCUT2D eigenvalue weighted by Crippen LogP contribution is -2.18. The van der Waals surface area contributed by atoms with Crippen LogP contribution in [0.4, 0.5) is 24.7 Å². The number of pyridine rings is 2. The Labute approximate surface area is 129 Å². The van der Waals surface area contributed by atoms with Gasteiger partial charge in [-0.05, 0) is 37.1 Å². The first-order chi connectivity index (χ1) is 11.0. The molecule has 3 rings (SSSR count). The van der Waals surface area contributed by atoms with E-state index in [1.807, 2.05) is 6.07 Å². The molecule has 0 unspecified atom stereocenters. The summed E-state index contributed by atoms with van der Waals surface area (Å²) in [6.45, 7) is 0. The molecule has 1 aliphatic rings. The molecular weight excluding hydrogens is 309 g/mol. The quantitative estimate of drug-likeness (QED) is 0.926. The molecule has 0 saturated heterocycles. The summed E-state index contributed by atoms with van der Waals surface area (Å²) in [5.41, 5.74) is 1.03. The van der Waals surface area contributed by atoms with Gasteiger partial charge in [-0.3, -0.25) is 0 Å². The van der Waals surface area contributed by atoms with Crippen LogP contribution in [0.2, 0.25) is 0 Å². The molecule has 1 fully saturated rings. The number of alkyl halides is 3. The summed E-state index contributed by atoms with van der Waals surface area (Å²) in [7, 11) is 0. The molecule has 0 aliphatic heterocycles. The van der Waals surface area contributed by atoms with Gasteiger partial charge in [0.1, 0.15) is 17.6 Å². The highest BCUT2D eigenvalue weighted by Crippen LogP contribution is 2.40. The van der Waals surface area contributed by atoms with E-state index < -0.39 is 12.2 Å². The maximum atomic E-state index is 12.4. The summed E-state index contributed by atoms with van der Waals surface area (Å²) < 4.78 is 41.2. The number of ether oxygens (including phenoxy) is 1. The SMILES string of the molecule is N#Cc1ccc(C2CC2)nc1Nc1cccnc1OC(F)(F)F. The molecule has 0 atom stereocenters. The minimum absolute atomic E-state index is 0.0122. The van der Waals surface area contributed by atoms with Crippen LogP contribution < -0.4 is 10.1 Å². The van der Waals surface area contributed by atoms with Crippen molar-refractivity contribution in [2.75, 3.05) is 5.32 Å². The van der Waals surface area contributed by atoms with Crippen molar-refractivity contribution >= 4 is 11.5 Å². The van der Waals surface area contributed by atoms with Gasteiger partial charge in [-0.1, -0.05) is 0 Å². The molecule has 0 aromatic carbocycles.